The van der Waals surface area contributed by atoms with E-state index in [1.807, 2.05) is 30.3 Å². The summed E-state index contributed by atoms with van der Waals surface area (Å²) in [6.07, 6.45) is 0. The lowest BCUT2D eigenvalue weighted by Gasteiger charge is -2.24. The first kappa shape index (κ1) is 26.3. The number of hydrogen-bond acceptors (Lipinski definition) is 4. The highest BCUT2D eigenvalue weighted by Gasteiger charge is 2.21. The highest BCUT2D eigenvalue weighted by atomic mass is 35.5. The molecule has 188 valence electrons. The van der Waals surface area contributed by atoms with E-state index in [0.717, 1.165) is 5.56 Å². The number of rotatable bonds is 9. The van der Waals surface area contributed by atoms with E-state index in [-0.39, 0.29) is 19.1 Å². The minimum Gasteiger partial charge on any atom is -0.489 e. The highest BCUT2D eigenvalue weighted by molar-refractivity contribution is 6.36. The number of nitrogens with zero attached hydrogens (tertiary/aromatic N) is 1. The number of halogens is 2. The zero-order valence-corrected chi connectivity index (χ0v) is 21.7. The Balaban J connectivity index is 1.59. The van der Waals surface area contributed by atoms with Gasteiger partial charge in [-0.2, -0.15) is 0 Å². The molecule has 0 aromatic heterocycles. The molecule has 0 aliphatic carbocycles. The van der Waals surface area contributed by atoms with Crippen molar-refractivity contribution >= 4 is 40.8 Å². The Morgan fingerprint density at radius 3 is 2.00 bits per heavy atom. The lowest BCUT2D eigenvalue weighted by Crippen LogP contribution is -2.30. The van der Waals surface area contributed by atoms with Gasteiger partial charge in [0.15, 0.2) is 0 Å². The predicted molar refractivity (Wildman–Crippen MR) is 147 cm³/mol. The molecule has 0 fully saturated rings. The summed E-state index contributed by atoms with van der Waals surface area (Å²) in [5.41, 5.74) is 3.12. The van der Waals surface area contributed by atoms with Crippen LogP contribution in [0, 0.1) is 0 Å². The van der Waals surface area contributed by atoms with Gasteiger partial charge in [-0.15, -0.1) is 0 Å². The fourth-order valence-electron chi connectivity index (χ4n) is 3.70. The van der Waals surface area contributed by atoms with Crippen LogP contribution in [0.25, 0.3) is 0 Å². The third kappa shape index (κ3) is 6.70. The molecule has 4 rings (SSSR count). The molecule has 0 aliphatic rings. The van der Waals surface area contributed by atoms with Crippen LogP contribution in [0.2, 0.25) is 10.0 Å². The van der Waals surface area contributed by atoms with Gasteiger partial charge in [0.05, 0.1) is 18.7 Å². The summed E-state index contributed by atoms with van der Waals surface area (Å²) < 4.78 is 10.9. The monoisotopic (exact) mass is 533 g/mol. The first-order valence-electron chi connectivity index (χ1n) is 11.7. The molecule has 0 N–H and O–H groups in total. The van der Waals surface area contributed by atoms with Crippen LogP contribution >= 0.6 is 23.2 Å². The fourth-order valence-corrected chi connectivity index (χ4v) is 4.22. The molecule has 5 nitrogen and oxygen atoms in total. The number of ether oxygens (including phenoxy) is 2. The SMILES string of the molecule is CCOC(=O)c1ccc(N(Cc2c(Cl)cccc2Cl)C(=O)c2ccc(OCc3ccccc3)cc2)cc1. The standard InChI is InChI=1S/C30H25Cl2NO4/c1-2-36-30(35)23-11-15-24(16-12-23)33(19-26-27(31)9-6-10-28(26)32)29(34)22-13-17-25(18-14-22)37-20-21-7-4-3-5-8-21/h3-18H,2,19-20H2,1H3. The molecule has 0 radical (unpaired) electrons. The zero-order valence-electron chi connectivity index (χ0n) is 20.2. The molecular weight excluding hydrogens is 509 g/mol. The van der Waals surface area contributed by atoms with E-state index in [1.54, 1.807) is 78.6 Å². The van der Waals surface area contributed by atoms with Crippen LogP contribution in [-0.4, -0.2) is 18.5 Å². The molecular formula is C30H25Cl2NO4. The second-order valence-electron chi connectivity index (χ2n) is 8.16. The summed E-state index contributed by atoms with van der Waals surface area (Å²) in [5, 5.41) is 0.913. The summed E-state index contributed by atoms with van der Waals surface area (Å²) in [6.45, 7) is 2.60. The van der Waals surface area contributed by atoms with Crippen molar-refractivity contribution in [3.63, 3.8) is 0 Å². The van der Waals surface area contributed by atoms with Crippen molar-refractivity contribution < 1.29 is 19.1 Å². The summed E-state index contributed by atoms with van der Waals surface area (Å²) >= 11 is 12.8. The minimum atomic E-state index is -0.424. The van der Waals surface area contributed by atoms with Crippen LogP contribution in [0.15, 0.2) is 97.1 Å². The number of hydrogen-bond donors (Lipinski definition) is 0. The topological polar surface area (TPSA) is 55.8 Å². The smallest absolute Gasteiger partial charge is 0.338 e. The Kier molecular flexibility index (Phi) is 8.83. The number of esters is 1. The van der Waals surface area contributed by atoms with E-state index in [4.69, 9.17) is 32.7 Å². The molecule has 0 unspecified atom stereocenters. The Morgan fingerprint density at radius 1 is 0.757 bits per heavy atom. The maximum Gasteiger partial charge on any atom is 0.338 e. The first-order valence-corrected chi connectivity index (χ1v) is 12.5. The van der Waals surface area contributed by atoms with Crippen LogP contribution in [0.3, 0.4) is 0 Å². The number of amides is 1. The van der Waals surface area contributed by atoms with Gasteiger partial charge in [-0.25, -0.2) is 4.79 Å². The molecule has 1 amide bonds. The van der Waals surface area contributed by atoms with Crippen LogP contribution in [-0.2, 0) is 17.9 Å². The predicted octanol–water partition coefficient (Wildman–Crippen LogP) is 7.60. The van der Waals surface area contributed by atoms with Gasteiger partial charge >= 0.3 is 5.97 Å². The quantitative estimate of drug-likeness (QED) is 0.208. The van der Waals surface area contributed by atoms with Gasteiger partial charge in [0.2, 0.25) is 0 Å². The zero-order chi connectivity index (χ0) is 26.2. The van der Waals surface area contributed by atoms with Gasteiger partial charge in [0.25, 0.3) is 5.91 Å². The maximum atomic E-state index is 13.7. The average molecular weight is 534 g/mol. The molecule has 0 heterocycles. The van der Waals surface area contributed by atoms with Gasteiger partial charge in [0.1, 0.15) is 12.4 Å². The maximum absolute atomic E-state index is 13.7. The summed E-state index contributed by atoms with van der Waals surface area (Å²) in [4.78, 5) is 27.4. The van der Waals surface area contributed by atoms with Crippen molar-refractivity contribution in [3.8, 4) is 5.75 Å². The van der Waals surface area contributed by atoms with Gasteiger partial charge in [-0.1, -0.05) is 59.6 Å². The van der Waals surface area contributed by atoms with Crippen LogP contribution in [0.1, 0.15) is 38.8 Å². The summed E-state index contributed by atoms with van der Waals surface area (Å²) in [6, 6.07) is 28.7. The summed E-state index contributed by atoms with van der Waals surface area (Å²) in [7, 11) is 0. The number of carbonyl (C=O) groups is 2. The first-order chi connectivity index (χ1) is 18.0. The molecule has 4 aromatic rings. The minimum absolute atomic E-state index is 0.141. The molecule has 0 saturated heterocycles. The van der Waals surface area contributed by atoms with E-state index < -0.39 is 5.97 Å². The summed E-state index contributed by atoms with van der Waals surface area (Å²) in [5.74, 6) is -0.0264. The molecule has 0 atom stereocenters. The van der Waals surface area contributed by atoms with E-state index in [9.17, 15) is 9.59 Å². The van der Waals surface area contributed by atoms with Crippen molar-refractivity contribution in [2.24, 2.45) is 0 Å². The number of carbonyl (C=O) groups excluding carboxylic acids is 2. The highest BCUT2D eigenvalue weighted by Crippen LogP contribution is 2.29. The lowest BCUT2D eigenvalue weighted by molar-refractivity contribution is 0.0526. The van der Waals surface area contributed by atoms with Gasteiger partial charge in [0, 0.05) is 26.9 Å². The molecule has 7 heteroatoms. The Labute approximate surface area is 226 Å². The van der Waals surface area contributed by atoms with Gasteiger partial charge < -0.3 is 14.4 Å². The largest absolute Gasteiger partial charge is 0.489 e. The van der Waals surface area contributed by atoms with Crippen LogP contribution in [0.5, 0.6) is 5.75 Å². The van der Waals surface area contributed by atoms with Crippen molar-refractivity contribution in [2.45, 2.75) is 20.1 Å². The van der Waals surface area contributed by atoms with Crippen molar-refractivity contribution in [3.05, 3.63) is 129 Å². The normalized spacial score (nSPS) is 10.6. The molecule has 0 saturated carbocycles. The Morgan fingerprint density at radius 2 is 1.38 bits per heavy atom. The van der Waals surface area contributed by atoms with Crippen LogP contribution < -0.4 is 9.64 Å². The van der Waals surface area contributed by atoms with Crippen LogP contribution in [0.4, 0.5) is 5.69 Å². The number of benzene rings is 4. The second kappa shape index (κ2) is 12.4. The van der Waals surface area contributed by atoms with Gasteiger partial charge in [-0.05, 0) is 73.2 Å². The third-order valence-corrected chi connectivity index (χ3v) is 6.37. The van der Waals surface area contributed by atoms with Gasteiger partial charge in [-0.3, -0.25) is 4.79 Å². The average Bonchev–Trinajstić information content (AvgIpc) is 2.93. The third-order valence-electron chi connectivity index (χ3n) is 5.66. The van der Waals surface area contributed by atoms with E-state index in [1.165, 1.54) is 0 Å². The van der Waals surface area contributed by atoms with Crippen molar-refractivity contribution in [1.29, 1.82) is 0 Å². The fraction of sp³-hybridized carbons (Fsp3) is 0.133. The van der Waals surface area contributed by atoms with Crippen molar-refractivity contribution in [2.75, 3.05) is 11.5 Å². The Bertz CT molecular complexity index is 1340. The Hall–Kier alpha value is -3.80. The lowest BCUT2D eigenvalue weighted by atomic mass is 10.1. The molecule has 0 spiro atoms. The van der Waals surface area contributed by atoms with E-state index >= 15 is 0 Å². The van der Waals surface area contributed by atoms with Crippen molar-refractivity contribution in [1.82, 2.24) is 0 Å². The molecule has 0 bridgehead atoms. The second-order valence-corrected chi connectivity index (χ2v) is 8.97. The molecule has 37 heavy (non-hydrogen) atoms. The molecule has 0 aliphatic heterocycles. The van der Waals surface area contributed by atoms with E-state index in [0.29, 0.717) is 44.8 Å². The van der Waals surface area contributed by atoms with E-state index in [2.05, 4.69) is 0 Å². The number of anilines is 1. The molecule has 4 aromatic carbocycles.